The molecule has 8 heteroatoms. The quantitative estimate of drug-likeness (QED) is 0.574. The summed E-state index contributed by atoms with van der Waals surface area (Å²) in [6.07, 6.45) is 1.85. The molecule has 26 heavy (non-hydrogen) atoms. The Labute approximate surface area is 164 Å². The lowest BCUT2D eigenvalue weighted by Gasteiger charge is -2.21. The molecular weight excluding hydrogens is 394 g/mol. The smallest absolute Gasteiger partial charge is 0.326 e. The Bertz CT molecular complexity index is 904. The number of furan rings is 1. The Morgan fingerprint density at radius 1 is 1.35 bits per heavy atom. The summed E-state index contributed by atoms with van der Waals surface area (Å²) in [5, 5.41) is 9.92. The second-order valence-electron chi connectivity index (χ2n) is 5.52. The third-order valence-corrected chi connectivity index (χ3v) is 5.42. The largest absolute Gasteiger partial charge is 0.480 e. The van der Waals surface area contributed by atoms with E-state index in [4.69, 9.17) is 28.2 Å². The summed E-state index contributed by atoms with van der Waals surface area (Å²) >= 11 is 12.1. The molecule has 5 nitrogen and oxygen atoms in total. The summed E-state index contributed by atoms with van der Waals surface area (Å²) in [7, 11) is 0. The van der Waals surface area contributed by atoms with E-state index in [1.54, 1.807) is 37.3 Å². The number of thiocarbonyl (C=S) groups is 1. The van der Waals surface area contributed by atoms with E-state index in [0.717, 1.165) is 22.2 Å². The molecule has 1 amide bonds. The van der Waals surface area contributed by atoms with E-state index in [2.05, 4.69) is 0 Å². The zero-order chi connectivity index (χ0) is 18.8. The molecule has 1 fully saturated rings. The third kappa shape index (κ3) is 3.70. The molecule has 1 atom stereocenters. The monoisotopic (exact) mass is 407 g/mol. The van der Waals surface area contributed by atoms with Crippen molar-refractivity contribution in [1.82, 2.24) is 4.90 Å². The van der Waals surface area contributed by atoms with Gasteiger partial charge in [-0.25, -0.2) is 4.79 Å². The molecule has 1 saturated heterocycles. The molecule has 1 aliphatic heterocycles. The van der Waals surface area contributed by atoms with E-state index in [1.807, 2.05) is 12.1 Å². The van der Waals surface area contributed by atoms with E-state index in [9.17, 15) is 14.7 Å². The number of nitrogens with zero attached hydrogens (tertiary/aromatic N) is 1. The van der Waals surface area contributed by atoms with E-state index < -0.39 is 17.9 Å². The molecule has 2 heterocycles. The highest BCUT2D eigenvalue weighted by molar-refractivity contribution is 8.26. The van der Waals surface area contributed by atoms with Gasteiger partial charge in [-0.2, -0.15) is 0 Å². The number of carboxylic acid groups (broad SMARTS) is 1. The van der Waals surface area contributed by atoms with Gasteiger partial charge in [0.2, 0.25) is 0 Å². The lowest BCUT2D eigenvalue weighted by molar-refractivity contribution is -0.145. The van der Waals surface area contributed by atoms with E-state index in [1.165, 1.54) is 0 Å². The van der Waals surface area contributed by atoms with Gasteiger partial charge >= 0.3 is 5.97 Å². The number of benzene rings is 1. The molecule has 0 bridgehead atoms. The normalized spacial score (nSPS) is 17.2. The topological polar surface area (TPSA) is 70.8 Å². The third-order valence-electron chi connectivity index (χ3n) is 3.84. The molecule has 1 N–H and O–H groups in total. The van der Waals surface area contributed by atoms with Crippen molar-refractivity contribution in [3.63, 3.8) is 0 Å². The van der Waals surface area contributed by atoms with Gasteiger partial charge in [0, 0.05) is 16.7 Å². The second-order valence-corrected chi connectivity index (χ2v) is 7.64. The van der Waals surface area contributed by atoms with Gasteiger partial charge in [0.1, 0.15) is 21.9 Å². The van der Waals surface area contributed by atoms with E-state index in [0.29, 0.717) is 21.4 Å². The number of rotatable bonds is 5. The Morgan fingerprint density at radius 3 is 2.65 bits per heavy atom. The molecule has 0 spiro atoms. The Hall–Kier alpha value is -2.09. The lowest BCUT2D eigenvalue weighted by Crippen LogP contribution is -2.43. The van der Waals surface area contributed by atoms with Gasteiger partial charge < -0.3 is 9.52 Å². The van der Waals surface area contributed by atoms with Gasteiger partial charge in [-0.15, -0.1) is 0 Å². The maximum Gasteiger partial charge on any atom is 0.326 e. The molecule has 0 aliphatic carbocycles. The molecule has 134 valence electrons. The average Bonchev–Trinajstić information content (AvgIpc) is 3.16. The zero-order valence-electron chi connectivity index (χ0n) is 13.6. The summed E-state index contributed by atoms with van der Waals surface area (Å²) in [5.74, 6) is -0.369. The van der Waals surface area contributed by atoms with Crippen LogP contribution >= 0.6 is 35.6 Å². The first-order valence-corrected chi connectivity index (χ1v) is 9.36. The minimum atomic E-state index is -1.08. The van der Waals surface area contributed by atoms with Crippen molar-refractivity contribution in [2.45, 2.75) is 19.4 Å². The predicted molar refractivity (Wildman–Crippen MR) is 106 cm³/mol. The Morgan fingerprint density at radius 2 is 2.04 bits per heavy atom. The van der Waals surface area contributed by atoms with Gasteiger partial charge in [-0.05, 0) is 42.8 Å². The zero-order valence-corrected chi connectivity index (χ0v) is 16.0. The van der Waals surface area contributed by atoms with Gasteiger partial charge in [-0.1, -0.05) is 42.5 Å². The number of carbonyl (C=O) groups is 2. The Kier molecular flexibility index (Phi) is 5.50. The van der Waals surface area contributed by atoms with Gasteiger partial charge in [0.15, 0.2) is 0 Å². The molecule has 1 aromatic carbocycles. The molecule has 2 aromatic rings. The average molecular weight is 408 g/mol. The Balaban J connectivity index is 1.85. The van der Waals surface area contributed by atoms with Gasteiger partial charge in [0.05, 0.1) is 4.91 Å². The maximum atomic E-state index is 12.6. The van der Waals surface area contributed by atoms with Crippen molar-refractivity contribution in [2.24, 2.45) is 0 Å². The van der Waals surface area contributed by atoms with Crippen molar-refractivity contribution >= 4 is 57.9 Å². The molecule has 0 saturated carbocycles. The first kappa shape index (κ1) is 18.7. The fourth-order valence-corrected chi connectivity index (χ4v) is 4.01. The maximum absolute atomic E-state index is 12.6. The summed E-state index contributed by atoms with van der Waals surface area (Å²) in [4.78, 5) is 25.4. The number of hydrogen-bond donors (Lipinski definition) is 1. The predicted octanol–water partition coefficient (Wildman–Crippen LogP) is 4.66. The second kappa shape index (κ2) is 7.65. The summed E-state index contributed by atoms with van der Waals surface area (Å²) < 4.78 is 6.00. The highest BCUT2D eigenvalue weighted by Crippen LogP contribution is 2.35. The van der Waals surface area contributed by atoms with Crippen LogP contribution in [0.5, 0.6) is 0 Å². The number of carbonyl (C=O) groups excluding carboxylic acids is 1. The molecule has 1 aliphatic rings. The fraction of sp³-hybridized carbons (Fsp3) is 0.167. The van der Waals surface area contributed by atoms with Crippen LogP contribution in [-0.2, 0) is 9.59 Å². The van der Waals surface area contributed by atoms with Crippen molar-refractivity contribution in [3.8, 4) is 11.3 Å². The molecular formula is C18H14ClNO4S2. The van der Waals surface area contributed by atoms with Crippen LogP contribution in [0.25, 0.3) is 17.4 Å². The van der Waals surface area contributed by atoms with Crippen LogP contribution in [0.3, 0.4) is 0 Å². The van der Waals surface area contributed by atoms with Crippen LogP contribution in [0.1, 0.15) is 19.1 Å². The van der Waals surface area contributed by atoms with Crippen LogP contribution in [0.15, 0.2) is 45.7 Å². The minimum Gasteiger partial charge on any atom is -0.480 e. The number of carboxylic acids is 1. The molecule has 3 rings (SSSR count). The van der Waals surface area contributed by atoms with Crippen molar-refractivity contribution in [1.29, 1.82) is 0 Å². The molecule has 0 unspecified atom stereocenters. The number of aliphatic carboxylic acids is 1. The van der Waals surface area contributed by atoms with Crippen molar-refractivity contribution in [2.75, 3.05) is 0 Å². The fourth-order valence-electron chi connectivity index (χ4n) is 2.55. The van der Waals surface area contributed by atoms with Crippen LogP contribution < -0.4 is 0 Å². The standard InChI is InChI=1S/C18H14ClNO4S2/c1-2-13(17(22)23)20-16(21)15(26-18(20)25)9-12-7-8-14(24-12)10-3-5-11(19)6-4-10/h3-9,13H,2H2,1H3,(H,22,23)/b15-9-/t13-/m0/s1. The van der Waals surface area contributed by atoms with Crippen LogP contribution in [-0.4, -0.2) is 32.2 Å². The molecule has 0 radical (unpaired) electrons. The number of amides is 1. The van der Waals surface area contributed by atoms with Crippen LogP contribution in [0.2, 0.25) is 5.02 Å². The summed E-state index contributed by atoms with van der Waals surface area (Å²) in [5.41, 5.74) is 0.860. The van der Waals surface area contributed by atoms with E-state index in [-0.39, 0.29) is 10.7 Å². The van der Waals surface area contributed by atoms with Gasteiger partial charge in [-0.3, -0.25) is 9.69 Å². The SMILES string of the molecule is CC[C@@H](C(=O)O)N1C(=O)/C(=C/c2ccc(-c3ccc(Cl)cc3)o2)SC1=S. The first-order valence-electron chi connectivity index (χ1n) is 7.76. The molecule has 1 aromatic heterocycles. The summed E-state index contributed by atoms with van der Waals surface area (Å²) in [6.45, 7) is 1.70. The summed E-state index contributed by atoms with van der Waals surface area (Å²) in [6, 6.07) is 9.77. The van der Waals surface area contributed by atoms with E-state index >= 15 is 0 Å². The lowest BCUT2D eigenvalue weighted by atomic mass is 10.2. The first-order chi connectivity index (χ1) is 12.4. The van der Waals surface area contributed by atoms with Crippen molar-refractivity contribution < 1.29 is 19.1 Å². The highest BCUT2D eigenvalue weighted by Gasteiger charge is 2.39. The number of halogens is 1. The minimum absolute atomic E-state index is 0.236. The van der Waals surface area contributed by atoms with Crippen LogP contribution in [0.4, 0.5) is 0 Å². The van der Waals surface area contributed by atoms with Crippen LogP contribution in [0, 0.1) is 0 Å². The van der Waals surface area contributed by atoms with Gasteiger partial charge in [0.25, 0.3) is 5.91 Å². The number of hydrogen-bond acceptors (Lipinski definition) is 5. The number of thioether (sulfide) groups is 1. The highest BCUT2D eigenvalue weighted by atomic mass is 35.5. The van der Waals surface area contributed by atoms with Crippen molar-refractivity contribution in [3.05, 3.63) is 52.1 Å².